The number of aromatic nitrogens is 4. The SMILES string of the molecule is Cc1ccc(-c2nnn(CC(=O)OC(C)C(=O)N(C)Cc3cccc(F)c3)n2)cc1. The van der Waals surface area contributed by atoms with Gasteiger partial charge < -0.3 is 9.64 Å². The van der Waals surface area contributed by atoms with Gasteiger partial charge in [0, 0.05) is 19.2 Å². The maximum Gasteiger partial charge on any atom is 0.330 e. The lowest BCUT2D eigenvalue weighted by molar-refractivity contribution is -0.159. The number of aryl methyl sites for hydroxylation is 1. The molecule has 8 nitrogen and oxygen atoms in total. The Bertz CT molecular complexity index is 1040. The number of hydrogen-bond donors (Lipinski definition) is 0. The van der Waals surface area contributed by atoms with Crippen molar-refractivity contribution in [1.82, 2.24) is 25.1 Å². The molecule has 30 heavy (non-hydrogen) atoms. The summed E-state index contributed by atoms with van der Waals surface area (Å²) in [7, 11) is 1.56. The number of esters is 1. The number of halogens is 1. The minimum absolute atomic E-state index is 0.197. The molecule has 0 aliphatic heterocycles. The fourth-order valence-electron chi connectivity index (χ4n) is 2.83. The third-order valence-electron chi connectivity index (χ3n) is 4.37. The second kappa shape index (κ2) is 9.25. The van der Waals surface area contributed by atoms with Crippen LogP contribution in [0.25, 0.3) is 11.4 Å². The second-order valence-corrected chi connectivity index (χ2v) is 6.97. The molecule has 2 aromatic carbocycles. The van der Waals surface area contributed by atoms with Gasteiger partial charge in [0.15, 0.2) is 12.6 Å². The van der Waals surface area contributed by atoms with Crippen molar-refractivity contribution in [1.29, 1.82) is 0 Å². The maximum atomic E-state index is 13.3. The standard InChI is InChI=1S/C21H22FN5O3/c1-14-7-9-17(10-8-14)20-23-25-27(24-20)13-19(28)30-15(2)21(29)26(3)12-16-5-4-6-18(22)11-16/h4-11,15H,12-13H2,1-3H3. The van der Waals surface area contributed by atoms with Gasteiger partial charge in [-0.1, -0.05) is 42.0 Å². The zero-order chi connectivity index (χ0) is 21.7. The van der Waals surface area contributed by atoms with Crippen molar-refractivity contribution in [3.63, 3.8) is 0 Å². The van der Waals surface area contributed by atoms with Crippen molar-refractivity contribution in [3.8, 4) is 11.4 Å². The van der Waals surface area contributed by atoms with Gasteiger partial charge in [0.05, 0.1) is 0 Å². The van der Waals surface area contributed by atoms with E-state index in [0.29, 0.717) is 11.4 Å². The Hall–Kier alpha value is -3.62. The molecule has 0 fully saturated rings. The molecule has 1 aromatic heterocycles. The molecule has 9 heteroatoms. The van der Waals surface area contributed by atoms with Crippen LogP contribution in [-0.4, -0.2) is 50.1 Å². The van der Waals surface area contributed by atoms with Crippen molar-refractivity contribution in [2.24, 2.45) is 0 Å². The Labute approximate surface area is 173 Å². The third-order valence-corrected chi connectivity index (χ3v) is 4.37. The van der Waals surface area contributed by atoms with E-state index >= 15 is 0 Å². The van der Waals surface area contributed by atoms with Crippen LogP contribution in [0.1, 0.15) is 18.1 Å². The lowest BCUT2D eigenvalue weighted by Gasteiger charge is -2.21. The molecule has 0 saturated heterocycles. The number of ether oxygens (including phenoxy) is 1. The third kappa shape index (κ3) is 5.47. The Kier molecular flexibility index (Phi) is 6.51. The van der Waals surface area contributed by atoms with E-state index in [4.69, 9.17) is 4.74 Å². The first kappa shape index (κ1) is 21.1. The average molecular weight is 411 g/mol. The Morgan fingerprint density at radius 1 is 1.20 bits per heavy atom. The van der Waals surface area contributed by atoms with Gasteiger partial charge in [0.2, 0.25) is 5.82 Å². The van der Waals surface area contributed by atoms with E-state index in [1.54, 1.807) is 19.2 Å². The van der Waals surface area contributed by atoms with Crippen LogP contribution in [-0.2, 0) is 27.4 Å². The quantitative estimate of drug-likeness (QED) is 0.555. The van der Waals surface area contributed by atoms with E-state index in [1.165, 1.54) is 24.0 Å². The normalized spacial score (nSPS) is 11.7. The molecule has 1 heterocycles. The number of hydrogen-bond acceptors (Lipinski definition) is 6. The predicted octanol–water partition coefficient (Wildman–Crippen LogP) is 2.38. The highest BCUT2D eigenvalue weighted by atomic mass is 19.1. The molecule has 0 bridgehead atoms. The Morgan fingerprint density at radius 2 is 1.93 bits per heavy atom. The molecule has 0 aliphatic rings. The van der Waals surface area contributed by atoms with Crippen LogP contribution in [0, 0.1) is 12.7 Å². The van der Waals surface area contributed by atoms with Crippen LogP contribution >= 0.6 is 0 Å². The minimum atomic E-state index is -1.00. The van der Waals surface area contributed by atoms with Crippen LogP contribution in [0.3, 0.4) is 0 Å². The molecule has 3 aromatic rings. The number of amides is 1. The smallest absolute Gasteiger partial charge is 0.330 e. The van der Waals surface area contributed by atoms with Crippen molar-refractivity contribution in [2.45, 2.75) is 33.0 Å². The Balaban J connectivity index is 1.53. The van der Waals surface area contributed by atoms with Crippen LogP contribution in [0.5, 0.6) is 0 Å². The van der Waals surface area contributed by atoms with E-state index in [2.05, 4.69) is 15.4 Å². The molecule has 1 atom stereocenters. The molecule has 156 valence electrons. The number of benzene rings is 2. The monoisotopic (exact) mass is 411 g/mol. The van der Waals surface area contributed by atoms with Gasteiger partial charge >= 0.3 is 5.97 Å². The maximum absolute atomic E-state index is 13.3. The summed E-state index contributed by atoms with van der Waals surface area (Å²) in [6.45, 7) is 3.38. The molecule has 1 unspecified atom stereocenters. The fraction of sp³-hybridized carbons (Fsp3) is 0.286. The lowest BCUT2D eigenvalue weighted by Crippen LogP contribution is -2.37. The zero-order valence-electron chi connectivity index (χ0n) is 16.9. The van der Waals surface area contributed by atoms with E-state index in [-0.39, 0.29) is 18.9 Å². The van der Waals surface area contributed by atoms with Crippen LogP contribution in [0.4, 0.5) is 4.39 Å². The summed E-state index contributed by atoms with van der Waals surface area (Å²) >= 11 is 0. The molecular weight excluding hydrogens is 389 g/mol. The first-order valence-corrected chi connectivity index (χ1v) is 9.35. The molecule has 0 radical (unpaired) electrons. The first-order chi connectivity index (χ1) is 14.3. The van der Waals surface area contributed by atoms with Gasteiger partial charge in [-0.05, 0) is 36.8 Å². The van der Waals surface area contributed by atoms with Crippen molar-refractivity contribution in [2.75, 3.05) is 7.05 Å². The van der Waals surface area contributed by atoms with Crippen molar-refractivity contribution >= 4 is 11.9 Å². The van der Waals surface area contributed by atoms with Gasteiger partial charge in [-0.25, -0.2) is 9.18 Å². The summed E-state index contributed by atoms with van der Waals surface area (Å²) in [5, 5.41) is 11.9. The highest BCUT2D eigenvalue weighted by molar-refractivity contribution is 5.83. The van der Waals surface area contributed by atoms with E-state index in [0.717, 1.165) is 15.9 Å². The first-order valence-electron chi connectivity index (χ1n) is 9.35. The number of carbonyl (C=O) groups is 2. The molecule has 0 aliphatic carbocycles. The van der Waals surface area contributed by atoms with E-state index in [1.807, 2.05) is 31.2 Å². The molecule has 1 amide bonds. The lowest BCUT2D eigenvalue weighted by atomic mass is 10.1. The largest absolute Gasteiger partial charge is 0.451 e. The second-order valence-electron chi connectivity index (χ2n) is 6.97. The topological polar surface area (TPSA) is 90.2 Å². The van der Waals surface area contributed by atoms with Gasteiger partial charge in [-0.3, -0.25) is 4.79 Å². The molecule has 3 rings (SSSR count). The van der Waals surface area contributed by atoms with Crippen LogP contribution in [0.15, 0.2) is 48.5 Å². The van der Waals surface area contributed by atoms with Gasteiger partial charge in [0.1, 0.15) is 5.82 Å². The fourth-order valence-corrected chi connectivity index (χ4v) is 2.83. The predicted molar refractivity (Wildman–Crippen MR) is 106 cm³/mol. The van der Waals surface area contributed by atoms with Crippen molar-refractivity contribution in [3.05, 3.63) is 65.5 Å². The number of nitrogens with zero attached hydrogens (tertiary/aromatic N) is 5. The molecule has 0 spiro atoms. The summed E-state index contributed by atoms with van der Waals surface area (Å²) in [5.74, 6) is -1.05. The van der Waals surface area contributed by atoms with Crippen molar-refractivity contribution < 1.29 is 18.7 Å². The highest BCUT2D eigenvalue weighted by Gasteiger charge is 2.22. The number of carbonyl (C=O) groups excluding carboxylic acids is 2. The Morgan fingerprint density at radius 3 is 2.63 bits per heavy atom. The average Bonchev–Trinajstić information content (AvgIpc) is 3.16. The van der Waals surface area contributed by atoms with Gasteiger partial charge in [-0.2, -0.15) is 4.80 Å². The van der Waals surface area contributed by atoms with Gasteiger partial charge in [0.25, 0.3) is 5.91 Å². The number of tetrazole rings is 1. The molecular formula is C21H22FN5O3. The molecule has 0 N–H and O–H groups in total. The summed E-state index contributed by atoms with van der Waals surface area (Å²) in [5.41, 5.74) is 2.53. The summed E-state index contributed by atoms with van der Waals surface area (Å²) in [6.07, 6.45) is -1.00. The summed E-state index contributed by atoms with van der Waals surface area (Å²) in [4.78, 5) is 27.1. The zero-order valence-corrected chi connectivity index (χ0v) is 16.9. The molecule has 0 saturated carbocycles. The van der Waals surface area contributed by atoms with E-state index in [9.17, 15) is 14.0 Å². The number of likely N-dealkylation sites (N-methyl/N-ethyl adjacent to an activating group) is 1. The van der Waals surface area contributed by atoms with Gasteiger partial charge in [-0.15, -0.1) is 10.2 Å². The summed E-state index contributed by atoms with van der Waals surface area (Å²) in [6, 6.07) is 13.6. The van der Waals surface area contributed by atoms with Crippen LogP contribution < -0.4 is 0 Å². The van der Waals surface area contributed by atoms with Crippen LogP contribution in [0.2, 0.25) is 0 Å². The van der Waals surface area contributed by atoms with E-state index < -0.39 is 18.0 Å². The number of rotatable bonds is 7. The highest BCUT2D eigenvalue weighted by Crippen LogP contribution is 2.14. The minimum Gasteiger partial charge on any atom is -0.451 e. The summed E-state index contributed by atoms with van der Waals surface area (Å²) < 4.78 is 18.5.